The molecule has 0 aromatic heterocycles. The monoisotopic (exact) mass is 470 g/mol. The van der Waals surface area contributed by atoms with Crippen LogP contribution in [0.25, 0.3) is 0 Å². The first-order valence-electron chi connectivity index (χ1n) is 7.35. The number of nitrogens with zero attached hydrogens (tertiary/aromatic N) is 2. The first-order valence-corrected chi connectivity index (χ1v) is 7.35. The molecule has 1 aromatic rings. The molecule has 21 heavy (non-hydrogen) atoms. The van der Waals surface area contributed by atoms with Gasteiger partial charge in [0.25, 0.3) is 0 Å². The Kier molecular flexibility index (Phi) is 7.01. The van der Waals surface area contributed by atoms with Crippen molar-refractivity contribution in [3.8, 4) is 0 Å². The zero-order valence-corrected chi connectivity index (χ0v) is 15.3. The van der Waals surface area contributed by atoms with E-state index in [2.05, 4.69) is 63.7 Å². The SMILES string of the molecule is CC(C)c1cccc(C(C)C)c1N1C=CN(CCO)[CH-]1.[Au+]. The van der Waals surface area contributed by atoms with Gasteiger partial charge in [0.15, 0.2) is 0 Å². The maximum Gasteiger partial charge on any atom is 1.00 e. The van der Waals surface area contributed by atoms with E-state index in [1.807, 2.05) is 11.1 Å². The minimum atomic E-state index is 0. The first-order chi connectivity index (χ1) is 9.54. The standard InChI is InChI=1S/C17H25N2O.Au/c1-13(2)15-6-5-7-16(14(3)4)17(15)19-9-8-18(12-19)10-11-20;/h5-9,12-14,20H,10-11H2,1-4H3;/q-1;+1. The number of para-hydroxylation sites is 1. The average Bonchev–Trinajstić information content (AvgIpc) is 2.86. The molecule has 0 fully saturated rings. The summed E-state index contributed by atoms with van der Waals surface area (Å²) >= 11 is 0. The Morgan fingerprint density at radius 3 is 2.10 bits per heavy atom. The molecule has 4 heteroatoms. The fourth-order valence-corrected chi connectivity index (χ4v) is 2.58. The van der Waals surface area contributed by atoms with Gasteiger partial charge in [0, 0.05) is 12.2 Å². The number of hydrogen-bond donors (Lipinski definition) is 1. The molecule has 2 rings (SSSR count). The van der Waals surface area contributed by atoms with Crippen LogP contribution in [0.4, 0.5) is 5.69 Å². The number of aliphatic hydroxyl groups excluding tert-OH is 1. The fourth-order valence-electron chi connectivity index (χ4n) is 2.58. The Hall–Kier alpha value is -0.740. The molecule has 3 nitrogen and oxygen atoms in total. The zero-order valence-electron chi connectivity index (χ0n) is 13.2. The first kappa shape index (κ1) is 18.3. The molecule has 1 aromatic carbocycles. The van der Waals surface area contributed by atoms with Crippen LogP contribution in [0, 0.1) is 6.67 Å². The van der Waals surface area contributed by atoms with Crippen LogP contribution in [-0.4, -0.2) is 23.2 Å². The molecule has 120 valence electrons. The molecule has 0 unspecified atom stereocenters. The van der Waals surface area contributed by atoms with E-state index in [1.54, 1.807) is 0 Å². The van der Waals surface area contributed by atoms with Crippen molar-refractivity contribution < 1.29 is 27.5 Å². The maximum atomic E-state index is 9.06. The van der Waals surface area contributed by atoms with E-state index >= 15 is 0 Å². The third kappa shape index (κ3) is 4.13. The summed E-state index contributed by atoms with van der Waals surface area (Å²) in [5, 5.41) is 9.06. The van der Waals surface area contributed by atoms with E-state index < -0.39 is 0 Å². The van der Waals surface area contributed by atoms with Crippen molar-refractivity contribution in [2.24, 2.45) is 0 Å². The summed E-state index contributed by atoms with van der Waals surface area (Å²) in [5.41, 5.74) is 4.01. The van der Waals surface area contributed by atoms with Gasteiger partial charge in [-0.2, -0.15) is 6.67 Å². The molecule has 0 atom stereocenters. The van der Waals surface area contributed by atoms with Crippen LogP contribution in [0.5, 0.6) is 0 Å². The second kappa shape index (κ2) is 8.04. The second-order valence-corrected chi connectivity index (χ2v) is 5.88. The molecule has 1 N–H and O–H groups in total. The molecular weight excluding hydrogens is 445 g/mol. The molecule has 1 aliphatic rings. The summed E-state index contributed by atoms with van der Waals surface area (Å²) in [6.45, 7) is 11.8. The van der Waals surface area contributed by atoms with Crippen LogP contribution in [-0.2, 0) is 22.4 Å². The number of hydrogen-bond acceptors (Lipinski definition) is 3. The molecular formula is C17H25AuN2O. The number of rotatable bonds is 5. The van der Waals surface area contributed by atoms with Crippen LogP contribution in [0.3, 0.4) is 0 Å². The fraction of sp³-hybridized carbons (Fsp3) is 0.471. The Labute approximate surface area is 144 Å². The van der Waals surface area contributed by atoms with Crippen molar-refractivity contribution in [2.45, 2.75) is 39.5 Å². The zero-order chi connectivity index (χ0) is 14.7. The van der Waals surface area contributed by atoms with Crippen molar-refractivity contribution in [3.05, 3.63) is 48.4 Å². The van der Waals surface area contributed by atoms with E-state index in [0.717, 1.165) is 0 Å². The molecule has 0 amide bonds. The van der Waals surface area contributed by atoms with Crippen LogP contribution in [0.1, 0.15) is 50.7 Å². The topological polar surface area (TPSA) is 26.7 Å². The van der Waals surface area contributed by atoms with E-state index in [0.29, 0.717) is 18.4 Å². The minimum absolute atomic E-state index is 0. The predicted molar refractivity (Wildman–Crippen MR) is 84.3 cm³/mol. The van der Waals surface area contributed by atoms with Crippen LogP contribution >= 0.6 is 0 Å². The minimum Gasteiger partial charge on any atom is -0.506 e. The van der Waals surface area contributed by atoms with Crippen LogP contribution in [0.15, 0.2) is 30.6 Å². The molecule has 0 bridgehead atoms. The third-order valence-electron chi connectivity index (χ3n) is 3.65. The second-order valence-electron chi connectivity index (χ2n) is 5.88. The van der Waals surface area contributed by atoms with Gasteiger partial charge in [-0.3, -0.25) is 0 Å². The van der Waals surface area contributed by atoms with Gasteiger partial charge in [0.1, 0.15) is 0 Å². The van der Waals surface area contributed by atoms with Crippen LogP contribution < -0.4 is 4.90 Å². The molecule has 0 saturated carbocycles. The van der Waals surface area contributed by atoms with E-state index in [1.165, 1.54) is 16.8 Å². The normalized spacial score (nSPS) is 14.2. The average molecular weight is 470 g/mol. The van der Waals surface area contributed by atoms with Crippen molar-refractivity contribution in [2.75, 3.05) is 18.1 Å². The van der Waals surface area contributed by atoms with E-state index in [4.69, 9.17) is 5.11 Å². The van der Waals surface area contributed by atoms with Gasteiger partial charge < -0.3 is 14.9 Å². The van der Waals surface area contributed by atoms with Gasteiger partial charge >= 0.3 is 22.4 Å². The molecule has 0 aliphatic carbocycles. The largest absolute Gasteiger partial charge is 1.00 e. The Balaban J connectivity index is 0.00000220. The van der Waals surface area contributed by atoms with Crippen molar-refractivity contribution in [1.82, 2.24) is 4.90 Å². The van der Waals surface area contributed by atoms with Gasteiger partial charge in [-0.05, 0) is 35.4 Å². The van der Waals surface area contributed by atoms with Gasteiger partial charge in [0.2, 0.25) is 0 Å². The number of β-amino-alcohol motifs (C(OH)–C–C–N with tert-alkyl or cyclic N) is 1. The third-order valence-corrected chi connectivity index (χ3v) is 3.65. The summed E-state index contributed by atoms with van der Waals surface area (Å²) < 4.78 is 0. The van der Waals surface area contributed by atoms with Gasteiger partial charge in [0.05, 0.1) is 6.61 Å². The summed E-state index contributed by atoms with van der Waals surface area (Å²) in [5.74, 6) is 0.967. The molecule has 1 heterocycles. The smallest absolute Gasteiger partial charge is 0.506 e. The van der Waals surface area contributed by atoms with Crippen LogP contribution in [0.2, 0.25) is 0 Å². The van der Waals surface area contributed by atoms with E-state index in [-0.39, 0.29) is 29.0 Å². The summed E-state index contributed by atoms with van der Waals surface area (Å²) in [6.07, 6.45) is 4.08. The summed E-state index contributed by atoms with van der Waals surface area (Å²) in [6, 6.07) is 6.57. The molecule has 0 spiro atoms. The Morgan fingerprint density at radius 1 is 1.05 bits per heavy atom. The molecule has 1 aliphatic heterocycles. The van der Waals surface area contributed by atoms with Crippen molar-refractivity contribution >= 4 is 5.69 Å². The molecule has 0 radical (unpaired) electrons. The van der Waals surface area contributed by atoms with Crippen molar-refractivity contribution in [3.63, 3.8) is 0 Å². The number of anilines is 1. The number of benzene rings is 1. The summed E-state index contributed by atoms with van der Waals surface area (Å²) in [4.78, 5) is 4.20. The Bertz CT molecular complexity index is 459. The number of aliphatic hydroxyl groups is 1. The van der Waals surface area contributed by atoms with E-state index in [9.17, 15) is 0 Å². The maximum absolute atomic E-state index is 9.06. The van der Waals surface area contributed by atoms with Gasteiger partial charge in [-0.25, -0.2) is 0 Å². The van der Waals surface area contributed by atoms with Gasteiger partial charge in [-0.1, -0.05) is 45.9 Å². The van der Waals surface area contributed by atoms with Crippen molar-refractivity contribution in [1.29, 1.82) is 0 Å². The molecule has 0 saturated heterocycles. The predicted octanol–water partition coefficient (Wildman–Crippen LogP) is 3.64. The Morgan fingerprint density at radius 2 is 1.62 bits per heavy atom. The summed E-state index contributed by atoms with van der Waals surface area (Å²) in [7, 11) is 0. The van der Waals surface area contributed by atoms with Gasteiger partial charge in [-0.15, -0.1) is 0 Å². The quantitative estimate of drug-likeness (QED) is 0.526.